The highest BCUT2D eigenvalue weighted by atomic mass is 16.3. The van der Waals surface area contributed by atoms with Gasteiger partial charge in [-0.1, -0.05) is 13.3 Å². The van der Waals surface area contributed by atoms with Gasteiger partial charge in [-0.2, -0.15) is 0 Å². The number of aromatic nitrogens is 1. The van der Waals surface area contributed by atoms with Crippen molar-refractivity contribution in [3.05, 3.63) is 24.0 Å². The second-order valence-corrected chi connectivity index (χ2v) is 2.40. The molecule has 0 fully saturated rings. The van der Waals surface area contributed by atoms with Crippen molar-refractivity contribution in [1.29, 1.82) is 0 Å². The van der Waals surface area contributed by atoms with Crippen molar-refractivity contribution in [2.24, 2.45) is 0 Å². The molecular formula is C8H12NO. The monoisotopic (exact) mass is 138 g/mol. The molecule has 0 amide bonds. The number of nitrogens with one attached hydrogen (secondary N) is 1. The third-order valence-corrected chi connectivity index (χ3v) is 1.52. The van der Waals surface area contributed by atoms with Gasteiger partial charge >= 0.3 is 0 Å². The van der Waals surface area contributed by atoms with Crippen LogP contribution >= 0.6 is 0 Å². The second kappa shape index (κ2) is 3.42. The van der Waals surface area contributed by atoms with Crippen molar-refractivity contribution in [2.45, 2.75) is 25.9 Å². The Labute approximate surface area is 60.9 Å². The summed E-state index contributed by atoms with van der Waals surface area (Å²) in [7, 11) is 0. The van der Waals surface area contributed by atoms with Crippen LogP contribution in [0.25, 0.3) is 0 Å². The van der Waals surface area contributed by atoms with E-state index in [1.54, 1.807) is 6.20 Å². The molecular weight excluding hydrogens is 126 g/mol. The van der Waals surface area contributed by atoms with Crippen LogP contribution in [0.4, 0.5) is 0 Å². The number of hydrogen-bond acceptors (Lipinski definition) is 0. The molecule has 0 aliphatic heterocycles. The lowest BCUT2D eigenvalue weighted by Crippen LogP contribution is -1.93. The lowest BCUT2D eigenvalue weighted by atomic mass is 10.1. The molecule has 2 heteroatoms. The zero-order chi connectivity index (χ0) is 7.40. The third-order valence-electron chi connectivity index (χ3n) is 1.52. The zero-order valence-electron chi connectivity index (χ0n) is 6.13. The van der Waals surface area contributed by atoms with E-state index in [4.69, 9.17) is 0 Å². The molecule has 1 unspecified atom stereocenters. The Morgan fingerprint density at radius 3 is 3.00 bits per heavy atom. The summed E-state index contributed by atoms with van der Waals surface area (Å²) >= 11 is 0. The Balaban J connectivity index is 2.50. The third kappa shape index (κ3) is 1.61. The quantitative estimate of drug-likeness (QED) is 0.665. The maximum atomic E-state index is 11.2. The summed E-state index contributed by atoms with van der Waals surface area (Å²) in [6.45, 7) is 2.02. The normalized spacial score (nSPS) is 13.4. The van der Waals surface area contributed by atoms with Gasteiger partial charge in [-0.15, -0.1) is 0 Å². The lowest BCUT2D eigenvalue weighted by molar-refractivity contribution is 0.0773. The molecule has 1 radical (unpaired) electrons. The van der Waals surface area contributed by atoms with Crippen LogP contribution in [-0.4, -0.2) is 4.98 Å². The first-order valence-electron chi connectivity index (χ1n) is 3.63. The molecule has 0 aliphatic carbocycles. The van der Waals surface area contributed by atoms with Gasteiger partial charge in [-0.3, -0.25) is 0 Å². The summed E-state index contributed by atoms with van der Waals surface area (Å²) in [4.78, 5) is 2.91. The fraction of sp³-hybridized carbons (Fsp3) is 0.500. The van der Waals surface area contributed by atoms with Crippen molar-refractivity contribution < 1.29 is 5.11 Å². The minimum absolute atomic E-state index is 0.556. The first-order chi connectivity index (χ1) is 4.84. The average molecular weight is 138 g/mol. The summed E-state index contributed by atoms with van der Waals surface area (Å²) in [6, 6.07) is 3.70. The predicted molar refractivity (Wildman–Crippen MR) is 39.1 cm³/mol. The van der Waals surface area contributed by atoms with Crippen LogP contribution in [0.5, 0.6) is 0 Å². The van der Waals surface area contributed by atoms with Crippen LogP contribution < -0.4 is 0 Å². The van der Waals surface area contributed by atoms with Crippen molar-refractivity contribution in [2.75, 3.05) is 0 Å². The maximum absolute atomic E-state index is 11.2. The second-order valence-electron chi connectivity index (χ2n) is 2.40. The molecule has 0 aromatic carbocycles. The van der Waals surface area contributed by atoms with E-state index in [-0.39, 0.29) is 0 Å². The van der Waals surface area contributed by atoms with Gasteiger partial charge in [0.15, 0.2) is 0 Å². The molecule has 1 aromatic rings. The highest BCUT2D eigenvalue weighted by molar-refractivity contribution is 5.06. The van der Waals surface area contributed by atoms with Gasteiger partial charge in [0.2, 0.25) is 0 Å². The van der Waals surface area contributed by atoms with Gasteiger partial charge < -0.3 is 4.98 Å². The van der Waals surface area contributed by atoms with Gasteiger partial charge in [-0.05, 0) is 18.6 Å². The highest BCUT2D eigenvalue weighted by Crippen LogP contribution is 2.15. The Hall–Kier alpha value is -0.760. The topological polar surface area (TPSA) is 35.7 Å². The van der Waals surface area contributed by atoms with E-state index in [2.05, 4.69) is 4.98 Å². The first-order valence-corrected chi connectivity index (χ1v) is 3.63. The van der Waals surface area contributed by atoms with E-state index in [1.807, 2.05) is 19.1 Å². The summed E-state index contributed by atoms with van der Waals surface area (Å²) in [5.41, 5.74) is 0.807. The lowest BCUT2D eigenvalue weighted by Gasteiger charge is -2.02. The SMILES string of the molecule is CCCC([O])c1ccc[nH]1. The number of aromatic amines is 1. The molecule has 1 N–H and O–H groups in total. The largest absolute Gasteiger partial charge is 0.363 e. The van der Waals surface area contributed by atoms with Gasteiger partial charge in [0.05, 0.1) is 0 Å². The molecule has 1 heterocycles. The zero-order valence-corrected chi connectivity index (χ0v) is 6.13. The Bertz CT molecular complexity index is 169. The number of H-pyrrole nitrogens is 1. The molecule has 0 aliphatic rings. The molecule has 55 valence electrons. The van der Waals surface area contributed by atoms with Gasteiger partial charge in [0.1, 0.15) is 6.10 Å². The van der Waals surface area contributed by atoms with Gasteiger partial charge in [0, 0.05) is 11.9 Å². The molecule has 0 saturated carbocycles. The van der Waals surface area contributed by atoms with E-state index in [0.717, 1.165) is 18.5 Å². The van der Waals surface area contributed by atoms with E-state index < -0.39 is 6.10 Å². The van der Waals surface area contributed by atoms with Crippen molar-refractivity contribution in [3.8, 4) is 0 Å². The minimum Gasteiger partial charge on any atom is -0.363 e. The summed E-state index contributed by atoms with van der Waals surface area (Å²) < 4.78 is 0. The molecule has 1 aromatic heterocycles. The fourth-order valence-corrected chi connectivity index (χ4v) is 0.962. The standard InChI is InChI=1S/C8H12NO/c1-2-4-8(10)7-5-3-6-9-7/h3,5-6,8-9H,2,4H2,1H3. The van der Waals surface area contributed by atoms with Crippen LogP contribution in [0.2, 0.25) is 0 Å². The van der Waals surface area contributed by atoms with E-state index in [0.29, 0.717) is 0 Å². The highest BCUT2D eigenvalue weighted by Gasteiger charge is 2.06. The Morgan fingerprint density at radius 1 is 1.70 bits per heavy atom. The molecule has 1 atom stereocenters. The Morgan fingerprint density at radius 2 is 2.50 bits per heavy atom. The molecule has 0 saturated heterocycles. The van der Waals surface area contributed by atoms with E-state index >= 15 is 0 Å². The summed E-state index contributed by atoms with van der Waals surface area (Å²) in [5, 5.41) is 11.2. The summed E-state index contributed by atoms with van der Waals surface area (Å²) in [5.74, 6) is 0. The van der Waals surface area contributed by atoms with Crippen molar-refractivity contribution in [3.63, 3.8) is 0 Å². The smallest absolute Gasteiger partial charge is 0.133 e. The van der Waals surface area contributed by atoms with Crippen LogP contribution in [0.3, 0.4) is 0 Å². The van der Waals surface area contributed by atoms with Crippen LogP contribution in [0.1, 0.15) is 31.6 Å². The fourth-order valence-electron chi connectivity index (χ4n) is 0.962. The predicted octanol–water partition coefficient (Wildman–Crippen LogP) is 2.29. The van der Waals surface area contributed by atoms with E-state index in [9.17, 15) is 5.11 Å². The van der Waals surface area contributed by atoms with Gasteiger partial charge in [-0.25, -0.2) is 5.11 Å². The molecule has 2 nitrogen and oxygen atoms in total. The van der Waals surface area contributed by atoms with Crippen LogP contribution in [0, 0.1) is 0 Å². The van der Waals surface area contributed by atoms with Crippen LogP contribution in [-0.2, 0) is 5.11 Å². The molecule has 10 heavy (non-hydrogen) atoms. The Kier molecular flexibility index (Phi) is 2.51. The van der Waals surface area contributed by atoms with Crippen molar-refractivity contribution in [1.82, 2.24) is 4.98 Å². The summed E-state index contributed by atoms with van der Waals surface area (Å²) in [6.07, 6.45) is 2.91. The molecule has 0 bridgehead atoms. The molecule has 1 rings (SSSR count). The minimum atomic E-state index is -0.556. The average Bonchev–Trinajstić information content (AvgIpc) is 2.38. The maximum Gasteiger partial charge on any atom is 0.133 e. The molecule has 0 spiro atoms. The number of hydrogen-bond donors (Lipinski definition) is 1. The first kappa shape index (κ1) is 7.35. The number of rotatable bonds is 3. The van der Waals surface area contributed by atoms with E-state index in [1.165, 1.54) is 0 Å². The van der Waals surface area contributed by atoms with Crippen molar-refractivity contribution >= 4 is 0 Å². The van der Waals surface area contributed by atoms with Crippen LogP contribution in [0.15, 0.2) is 18.3 Å². The van der Waals surface area contributed by atoms with Gasteiger partial charge in [0.25, 0.3) is 0 Å².